The van der Waals surface area contributed by atoms with Crippen LogP contribution in [0.1, 0.15) is 30.6 Å². The maximum Gasteiger partial charge on any atom is 0.183 e. The van der Waals surface area contributed by atoms with Crippen LogP contribution < -0.4 is 5.32 Å². The summed E-state index contributed by atoms with van der Waals surface area (Å²) in [5.74, 6) is 0.899. The second-order valence-electron chi connectivity index (χ2n) is 3.84. The van der Waals surface area contributed by atoms with Gasteiger partial charge in [0.25, 0.3) is 0 Å². The quantitative estimate of drug-likeness (QED) is 0.910. The predicted octanol–water partition coefficient (Wildman–Crippen LogP) is 3.68. The molecule has 78 valence electrons. The van der Waals surface area contributed by atoms with E-state index in [4.69, 9.17) is 0 Å². The van der Waals surface area contributed by atoms with Gasteiger partial charge in [-0.1, -0.05) is 25.7 Å². The van der Waals surface area contributed by atoms with E-state index in [0.29, 0.717) is 0 Å². The average Bonchev–Trinajstić information content (AvgIpc) is 2.78. The van der Waals surface area contributed by atoms with E-state index >= 15 is 0 Å². The third-order valence-electron chi connectivity index (χ3n) is 2.81. The van der Waals surface area contributed by atoms with Crippen molar-refractivity contribution in [1.82, 2.24) is 4.98 Å². The third-order valence-corrected chi connectivity index (χ3v) is 4.83. The number of nitrogens with one attached hydrogen (secondary N) is 1. The van der Waals surface area contributed by atoms with Crippen LogP contribution in [0.4, 0.5) is 5.13 Å². The van der Waals surface area contributed by atoms with Gasteiger partial charge < -0.3 is 5.32 Å². The Bertz CT molecular complexity index is 305. The van der Waals surface area contributed by atoms with Gasteiger partial charge in [0.15, 0.2) is 5.13 Å². The fourth-order valence-electron chi connectivity index (χ4n) is 2.04. The smallest absolute Gasteiger partial charge is 0.183 e. The topological polar surface area (TPSA) is 24.9 Å². The van der Waals surface area contributed by atoms with Crippen LogP contribution in [0.25, 0.3) is 0 Å². The summed E-state index contributed by atoms with van der Waals surface area (Å²) in [4.78, 5) is 5.80. The number of halogens is 1. The fraction of sp³-hybridized carbons (Fsp3) is 0.700. The molecule has 0 aliphatic heterocycles. The molecule has 1 aliphatic carbocycles. The lowest BCUT2D eigenvalue weighted by Gasteiger charge is -2.05. The summed E-state index contributed by atoms with van der Waals surface area (Å²) < 4.78 is 1.04. The zero-order valence-electron chi connectivity index (χ0n) is 8.35. The Kier molecular flexibility index (Phi) is 3.44. The van der Waals surface area contributed by atoms with E-state index in [1.807, 2.05) is 7.05 Å². The first-order valence-corrected chi connectivity index (χ1v) is 6.73. The van der Waals surface area contributed by atoms with Crippen LogP contribution >= 0.6 is 27.3 Å². The first-order valence-electron chi connectivity index (χ1n) is 5.12. The second-order valence-corrected chi connectivity index (χ2v) is 5.67. The molecule has 1 N–H and O–H groups in total. The minimum Gasteiger partial charge on any atom is -0.365 e. The highest BCUT2D eigenvalue weighted by atomic mass is 79.9. The zero-order valence-corrected chi connectivity index (χ0v) is 10.7. The Labute approximate surface area is 97.3 Å². The van der Waals surface area contributed by atoms with Crippen molar-refractivity contribution >= 4 is 32.4 Å². The summed E-state index contributed by atoms with van der Waals surface area (Å²) in [6, 6.07) is 0. The minimum atomic E-state index is 0.899. The average molecular weight is 275 g/mol. The molecule has 2 nitrogen and oxygen atoms in total. The SMILES string of the molecule is CNc1nc(Br)c(CC2CCCC2)s1. The fourth-order valence-corrected chi connectivity index (χ4v) is 3.66. The molecule has 0 radical (unpaired) electrons. The molecule has 0 bridgehead atoms. The summed E-state index contributed by atoms with van der Waals surface area (Å²) in [5.41, 5.74) is 0. The lowest BCUT2D eigenvalue weighted by Crippen LogP contribution is -1.96. The Morgan fingerprint density at radius 1 is 1.50 bits per heavy atom. The molecular weight excluding hydrogens is 260 g/mol. The van der Waals surface area contributed by atoms with Gasteiger partial charge >= 0.3 is 0 Å². The first-order chi connectivity index (χ1) is 6.79. The standard InChI is InChI=1S/C10H15BrN2S/c1-12-10-13-9(11)8(14-10)6-7-4-2-3-5-7/h7H,2-6H2,1H3,(H,12,13). The summed E-state index contributed by atoms with van der Waals surface area (Å²) in [6.45, 7) is 0. The second kappa shape index (κ2) is 4.62. The summed E-state index contributed by atoms with van der Waals surface area (Å²) in [6.07, 6.45) is 6.85. The molecule has 1 aliphatic rings. The van der Waals surface area contributed by atoms with E-state index in [9.17, 15) is 0 Å². The first kappa shape index (κ1) is 10.4. The van der Waals surface area contributed by atoms with Crippen LogP contribution in [0, 0.1) is 5.92 Å². The van der Waals surface area contributed by atoms with Crippen LogP contribution in [0.2, 0.25) is 0 Å². The van der Waals surface area contributed by atoms with Crippen molar-refractivity contribution in [3.05, 3.63) is 9.48 Å². The molecule has 1 fully saturated rings. The molecule has 0 atom stereocenters. The maximum atomic E-state index is 4.40. The Hall–Kier alpha value is -0.0900. The van der Waals surface area contributed by atoms with Crippen LogP contribution in [-0.4, -0.2) is 12.0 Å². The minimum absolute atomic E-state index is 0.899. The molecule has 1 aromatic rings. The molecular formula is C10H15BrN2S. The number of hydrogen-bond donors (Lipinski definition) is 1. The highest BCUT2D eigenvalue weighted by molar-refractivity contribution is 9.10. The van der Waals surface area contributed by atoms with E-state index in [2.05, 4.69) is 26.2 Å². The molecule has 0 amide bonds. The molecule has 0 saturated heterocycles. The van der Waals surface area contributed by atoms with Crippen LogP contribution in [0.15, 0.2) is 4.60 Å². The Morgan fingerprint density at radius 3 is 2.79 bits per heavy atom. The van der Waals surface area contributed by atoms with E-state index in [1.165, 1.54) is 37.0 Å². The van der Waals surface area contributed by atoms with Gasteiger partial charge in [0.1, 0.15) is 4.60 Å². The van der Waals surface area contributed by atoms with Gasteiger partial charge in [-0.2, -0.15) is 0 Å². The maximum absolute atomic E-state index is 4.40. The number of nitrogens with zero attached hydrogens (tertiary/aromatic N) is 1. The summed E-state index contributed by atoms with van der Waals surface area (Å²) in [5, 5.41) is 4.11. The molecule has 0 aromatic carbocycles. The number of anilines is 1. The van der Waals surface area contributed by atoms with E-state index < -0.39 is 0 Å². The predicted molar refractivity (Wildman–Crippen MR) is 65.0 cm³/mol. The number of hydrogen-bond acceptors (Lipinski definition) is 3. The highest BCUT2D eigenvalue weighted by Gasteiger charge is 2.18. The van der Waals surface area contributed by atoms with Crippen molar-refractivity contribution in [2.24, 2.45) is 5.92 Å². The molecule has 2 rings (SSSR count). The van der Waals surface area contributed by atoms with Crippen LogP contribution in [0.5, 0.6) is 0 Å². The molecule has 14 heavy (non-hydrogen) atoms. The lowest BCUT2D eigenvalue weighted by molar-refractivity contribution is 0.549. The molecule has 0 unspecified atom stereocenters. The summed E-state index contributed by atoms with van der Waals surface area (Å²) >= 11 is 5.30. The zero-order chi connectivity index (χ0) is 9.97. The monoisotopic (exact) mass is 274 g/mol. The number of rotatable bonds is 3. The van der Waals surface area contributed by atoms with Crippen molar-refractivity contribution in [1.29, 1.82) is 0 Å². The molecule has 4 heteroatoms. The van der Waals surface area contributed by atoms with Crippen LogP contribution in [0.3, 0.4) is 0 Å². The van der Waals surface area contributed by atoms with Crippen molar-refractivity contribution in [3.8, 4) is 0 Å². The molecule has 1 aromatic heterocycles. The van der Waals surface area contributed by atoms with E-state index in [-0.39, 0.29) is 0 Å². The summed E-state index contributed by atoms with van der Waals surface area (Å²) in [7, 11) is 1.92. The van der Waals surface area contributed by atoms with Gasteiger partial charge in [0, 0.05) is 11.9 Å². The third kappa shape index (κ3) is 2.28. The van der Waals surface area contributed by atoms with Crippen molar-refractivity contribution in [2.45, 2.75) is 32.1 Å². The molecule has 0 spiro atoms. The van der Waals surface area contributed by atoms with E-state index in [0.717, 1.165) is 15.7 Å². The van der Waals surface area contributed by atoms with Crippen molar-refractivity contribution in [3.63, 3.8) is 0 Å². The van der Waals surface area contributed by atoms with Gasteiger partial charge in [-0.3, -0.25) is 0 Å². The lowest BCUT2D eigenvalue weighted by atomic mass is 10.0. The van der Waals surface area contributed by atoms with Gasteiger partial charge in [0.2, 0.25) is 0 Å². The largest absolute Gasteiger partial charge is 0.365 e. The van der Waals surface area contributed by atoms with Gasteiger partial charge in [-0.05, 0) is 28.3 Å². The molecule has 1 saturated carbocycles. The van der Waals surface area contributed by atoms with Crippen molar-refractivity contribution < 1.29 is 0 Å². The van der Waals surface area contributed by atoms with Gasteiger partial charge in [-0.15, -0.1) is 11.3 Å². The van der Waals surface area contributed by atoms with Gasteiger partial charge in [0.05, 0.1) is 0 Å². The Morgan fingerprint density at radius 2 is 2.21 bits per heavy atom. The van der Waals surface area contributed by atoms with Crippen LogP contribution in [-0.2, 0) is 6.42 Å². The van der Waals surface area contributed by atoms with E-state index in [1.54, 1.807) is 11.3 Å². The Balaban J connectivity index is 2.03. The van der Waals surface area contributed by atoms with Crippen molar-refractivity contribution in [2.75, 3.05) is 12.4 Å². The molecule has 1 heterocycles. The highest BCUT2D eigenvalue weighted by Crippen LogP contribution is 2.34. The number of aromatic nitrogens is 1. The number of thiazole rings is 1. The normalized spacial score (nSPS) is 17.6. The van der Waals surface area contributed by atoms with Gasteiger partial charge in [-0.25, -0.2) is 4.98 Å².